The third kappa shape index (κ3) is 4.48. The molecular formula is C22H28N6O2. The summed E-state index contributed by atoms with van der Waals surface area (Å²) in [5.41, 5.74) is 0.885. The highest BCUT2D eigenvalue weighted by Crippen LogP contribution is 2.21. The molecule has 1 amide bonds. The van der Waals surface area contributed by atoms with Crippen molar-refractivity contribution in [1.82, 2.24) is 24.8 Å². The average Bonchev–Trinajstić information content (AvgIpc) is 3.23. The van der Waals surface area contributed by atoms with Crippen LogP contribution in [0.1, 0.15) is 20.3 Å². The number of ketones is 1. The van der Waals surface area contributed by atoms with E-state index in [0.717, 1.165) is 37.4 Å². The van der Waals surface area contributed by atoms with E-state index in [2.05, 4.69) is 31.7 Å². The lowest BCUT2D eigenvalue weighted by Crippen LogP contribution is -2.56. The molecule has 4 heterocycles. The number of hydrogen-bond donors (Lipinski definition) is 0. The van der Waals surface area contributed by atoms with Gasteiger partial charge in [-0.25, -0.2) is 15.0 Å². The number of anilines is 1. The molecule has 2 unspecified atom stereocenters. The van der Waals surface area contributed by atoms with Gasteiger partial charge in [-0.1, -0.05) is 0 Å². The zero-order chi connectivity index (χ0) is 21.1. The standard InChI is InChI=1S/C22H28N6O2/c1-16-13-27(20-5-4-18(12-25-20)22-23-7-3-8-24-22)10-11-28(16)21(30)15-26-9-6-19(14-26)17(2)29/h3-5,7-8,12,16,19H,6,9-11,13-15H2,1-2H3. The van der Waals surface area contributed by atoms with E-state index >= 15 is 0 Å². The summed E-state index contributed by atoms with van der Waals surface area (Å²) in [5.74, 6) is 2.02. The van der Waals surface area contributed by atoms with Crippen molar-refractivity contribution >= 4 is 17.5 Å². The van der Waals surface area contributed by atoms with Crippen molar-refractivity contribution in [1.29, 1.82) is 0 Å². The highest BCUT2D eigenvalue weighted by atomic mass is 16.2. The molecule has 2 aliphatic heterocycles. The van der Waals surface area contributed by atoms with Gasteiger partial charge in [0.1, 0.15) is 11.6 Å². The van der Waals surface area contributed by atoms with Gasteiger partial charge >= 0.3 is 0 Å². The van der Waals surface area contributed by atoms with Crippen molar-refractivity contribution < 1.29 is 9.59 Å². The first kappa shape index (κ1) is 20.4. The molecule has 0 radical (unpaired) electrons. The molecule has 158 valence electrons. The van der Waals surface area contributed by atoms with Crippen LogP contribution in [-0.4, -0.2) is 81.8 Å². The number of carbonyl (C=O) groups is 2. The second kappa shape index (κ2) is 8.87. The van der Waals surface area contributed by atoms with E-state index < -0.39 is 0 Å². The Bertz CT molecular complexity index is 888. The Labute approximate surface area is 176 Å². The van der Waals surface area contributed by atoms with Crippen LogP contribution in [0.15, 0.2) is 36.8 Å². The van der Waals surface area contributed by atoms with Crippen LogP contribution in [0.5, 0.6) is 0 Å². The fraction of sp³-hybridized carbons (Fsp3) is 0.500. The fourth-order valence-corrected chi connectivity index (χ4v) is 4.28. The maximum Gasteiger partial charge on any atom is 0.237 e. The van der Waals surface area contributed by atoms with Crippen LogP contribution in [0.3, 0.4) is 0 Å². The van der Waals surface area contributed by atoms with Crippen molar-refractivity contribution in [3.8, 4) is 11.4 Å². The molecule has 0 saturated carbocycles. The topological polar surface area (TPSA) is 82.5 Å². The number of amides is 1. The Hall–Kier alpha value is -2.87. The minimum atomic E-state index is 0.0856. The summed E-state index contributed by atoms with van der Waals surface area (Å²) in [4.78, 5) is 43.8. The van der Waals surface area contributed by atoms with Gasteiger partial charge in [0.15, 0.2) is 5.82 Å². The van der Waals surface area contributed by atoms with Gasteiger partial charge in [-0.2, -0.15) is 0 Å². The van der Waals surface area contributed by atoms with E-state index in [1.165, 1.54) is 0 Å². The van der Waals surface area contributed by atoms with Gasteiger partial charge in [0.25, 0.3) is 0 Å². The Morgan fingerprint density at radius 3 is 2.50 bits per heavy atom. The molecule has 0 spiro atoms. The van der Waals surface area contributed by atoms with Crippen LogP contribution in [0.2, 0.25) is 0 Å². The Morgan fingerprint density at radius 2 is 1.87 bits per heavy atom. The van der Waals surface area contributed by atoms with Crippen LogP contribution in [0.25, 0.3) is 11.4 Å². The van der Waals surface area contributed by atoms with Crippen molar-refractivity contribution in [3.05, 3.63) is 36.8 Å². The first-order valence-electron chi connectivity index (χ1n) is 10.5. The number of pyridine rings is 1. The smallest absolute Gasteiger partial charge is 0.237 e. The molecule has 0 aromatic carbocycles. The molecule has 2 atom stereocenters. The number of rotatable bonds is 5. The Morgan fingerprint density at radius 1 is 1.07 bits per heavy atom. The van der Waals surface area contributed by atoms with Gasteiger partial charge in [-0.3, -0.25) is 14.5 Å². The number of nitrogens with zero attached hydrogens (tertiary/aromatic N) is 6. The molecule has 0 aliphatic carbocycles. The summed E-state index contributed by atoms with van der Waals surface area (Å²) in [7, 11) is 0. The van der Waals surface area contributed by atoms with E-state index in [1.54, 1.807) is 31.6 Å². The average molecular weight is 409 g/mol. The van der Waals surface area contributed by atoms with E-state index in [9.17, 15) is 9.59 Å². The second-order valence-corrected chi connectivity index (χ2v) is 8.19. The van der Waals surface area contributed by atoms with Crippen LogP contribution < -0.4 is 4.90 Å². The number of hydrogen-bond acceptors (Lipinski definition) is 7. The molecule has 4 rings (SSSR count). The van der Waals surface area contributed by atoms with E-state index in [1.807, 2.05) is 17.0 Å². The van der Waals surface area contributed by atoms with Gasteiger partial charge in [0.2, 0.25) is 5.91 Å². The predicted molar refractivity (Wildman–Crippen MR) is 114 cm³/mol. The lowest BCUT2D eigenvalue weighted by atomic mass is 10.1. The van der Waals surface area contributed by atoms with E-state index in [0.29, 0.717) is 25.5 Å². The number of piperazine rings is 1. The van der Waals surface area contributed by atoms with Gasteiger partial charge in [0, 0.05) is 62.3 Å². The minimum Gasteiger partial charge on any atom is -0.353 e. The van der Waals surface area contributed by atoms with E-state index in [-0.39, 0.29) is 23.7 Å². The zero-order valence-corrected chi connectivity index (χ0v) is 17.6. The molecule has 30 heavy (non-hydrogen) atoms. The lowest BCUT2D eigenvalue weighted by molar-refractivity contribution is -0.134. The van der Waals surface area contributed by atoms with Crippen LogP contribution in [-0.2, 0) is 9.59 Å². The third-order valence-corrected chi connectivity index (χ3v) is 6.05. The van der Waals surface area contributed by atoms with Gasteiger partial charge in [0.05, 0.1) is 6.54 Å². The van der Waals surface area contributed by atoms with Gasteiger partial charge in [-0.05, 0) is 45.0 Å². The summed E-state index contributed by atoms with van der Waals surface area (Å²) < 4.78 is 0. The summed E-state index contributed by atoms with van der Waals surface area (Å²) in [5, 5.41) is 0. The highest BCUT2D eigenvalue weighted by molar-refractivity contribution is 5.80. The monoisotopic (exact) mass is 408 g/mol. The number of carbonyl (C=O) groups excluding carboxylic acids is 2. The number of likely N-dealkylation sites (tertiary alicyclic amines) is 1. The minimum absolute atomic E-state index is 0.0856. The maximum absolute atomic E-state index is 12.8. The summed E-state index contributed by atoms with van der Waals surface area (Å²) >= 11 is 0. The van der Waals surface area contributed by atoms with Gasteiger partial charge in [-0.15, -0.1) is 0 Å². The molecule has 2 fully saturated rings. The highest BCUT2D eigenvalue weighted by Gasteiger charge is 2.32. The van der Waals surface area contributed by atoms with Crippen molar-refractivity contribution in [2.45, 2.75) is 26.3 Å². The molecule has 8 heteroatoms. The predicted octanol–water partition coefficient (Wildman–Crippen LogP) is 1.49. The van der Waals surface area contributed by atoms with E-state index in [4.69, 9.17) is 0 Å². The first-order chi connectivity index (χ1) is 14.5. The normalized spacial score (nSPS) is 22.3. The van der Waals surface area contributed by atoms with Crippen LogP contribution in [0.4, 0.5) is 5.82 Å². The molecule has 2 aromatic rings. The SMILES string of the molecule is CC(=O)C1CCN(CC(=O)N2CCN(c3ccc(-c4ncccn4)cn3)CC2C)C1. The molecule has 0 N–H and O–H groups in total. The number of aromatic nitrogens is 3. The summed E-state index contributed by atoms with van der Waals surface area (Å²) in [6.07, 6.45) is 6.10. The Balaban J connectivity index is 1.33. The van der Waals surface area contributed by atoms with Crippen molar-refractivity contribution in [2.75, 3.05) is 44.2 Å². The quantitative estimate of drug-likeness (QED) is 0.741. The Kier molecular flexibility index (Phi) is 6.03. The van der Waals surface area contributed by atoms with Gasteiger partial charge < -0.3 is 9.80 Å². The largest absolute Gasteiger partial charge is 0.353 e. The first-order valence-corrected chi connectivity index (χ1v) is 10.5. The zero-order valence-electron chi connectivity index (χ0n) is 17.6. The van der Waals surface area contributed by atoms with Crippen LogP contribution in [0, 0.1) is 5.92 Å². The fourth-order valence-electron chi connectivity index (χ4n) is 4.28. The molecule has 2 aromatic heterocycles. The summed E-state index contributed by atoms with van der Waals surface area (Å²) in [6, 6.07) is 5.87. The molecule has 2 saturated heterocycles. The third-order valence-electron chi connectivity index (χ3n) is 6.05. The van der Waals surface area contributed by atoms with Crippen molar-refractivity contribution in [3.63, 3.8) is 0 Å². The second-order valence-electron chi connectivity index (χ2n) is 8.19. The van der Waals surface area contributed by atoms with Crippen molar-refractivity contribution in [2.24, 2.45) is 5.92 Å². The molecule has 8 nitrogen and oxygen atoms in total. The van der Waals surface area contributed by atoms with Crippen LogP contribution >= 0.6 is 0 Å². The maximum atomic E-state index is 12.8. The molecule has 2 aliphatic rings. The molecular weight excluding hydrogens is 380 g/mol. The lowest BCUT2D eigenvalue weighted by Gasteiger charge is -2.41. The number of Topliss-reactive ketones (excluding diaryl/α,β-unsaturated/α-hetero) is 1. The molecule has 0 bridgehead atoms. The summed E-state index contributed by atoms with van der Waals surface area (Å²) in [6.45, 7) is 7.83.